The fourth-order valence-electron chi connectivity index (χ4n) is 5.06. The van der Waals surface area contributed by atoms with Crippen LogP contribution in [0.2, 0.25) is 0 Å². The second-order valence-electron chi connectivity index (χ2n) is 8.10. The summed E-state index contributed by atoms with van der Waals surface area (Å²) in [4.78, 5) is 0. The Kier molecular flexibility index (Phi) is 3.82. The predicted molar refractivity (Wildman–Crippen MR) is 84.7 cm³/mol. The zero-order chi connectivity index (χ0) is 15.5. The van der Waals surface area contributed by atoms with E-state index < -0.39 is 0 Å². The topological polar surface area (TPSA) is 36.9 Å². The van der Waals surface area contributed by atoms with E-state index >= 15 is 0 Å². The summed E-state index contributed by atoms with van der Waals surface area (Å²) in [5.74, 6) is 1.35. The van der Waals surface area contributed by atoms with Crippen LogP contribution in [0.3, 0.4) is 0 Å². The van der Waals surface area contributed by atoms with Gasteiger partial charge in [-0.15, -0.1) is 11.6 Å². The molecule has 0 aromatic heterocycles. The molecule has 0 amide bonds. The summed E-state index contributed by atoms with van der Waals surface area (Å²) in [6.45, 7) is 8.35. The third-order valence-corrected chi connectivity index (χ3v) is 7.06. The molecule has 0 aromatic rings. The number of hydrogen-bond donors (Lipinski definition) is 0. The first-order chi connectivity index (χ1) is 10.4. The van der Waals surface area contributed by atoms with Gasteiger partial charge in [-0.3, -0.25) is 0 Å². The SMILES string of the molecule is CC1(C)[C@@H]2C[C@H]3OB([C@H](Cl)CCC4OCCO4)O[C@@]3(C)[C@H]1C2. The van der Waals surface area contributed by atoms with Crippen LogP contribution in [0, 0.1) is 17.3 Å². The van der Waals surface area contributed by atoms with Crippen molar-refractivity contribution in [3.8, 4) is 0 Å². The molecule has 2 heterocycles. The van der Waals surface area contributed by atoms with Crippen molar-refractivity contribution in [3.63, 3.8) is 0 Å². The summed E-state index contributed by atoms with van der Waals surface area (Å²) in [6, 6.07) is 0. The first-order valence-electron chi connectivity index (χ1n) is 8.62. The molecule has 5 atom stereocenters. The average Bonchev–Trinajstić information content (AvgIpc) is 3.10. The van der Waals surface area contributed by atoms with E-state index in [4.69, 9.17) is 30.4 Å². The largest absolute Gasteiger partial charge is 0.476 e. The molecule has 22 heavy (non-hydrogen) atoms. The van der Waals surface area contributed by atoms with Gasteiger partial charge in [-0.2, -0.15) is 0 Å². The van der Waals surface area contributed by atoms with Crippen LogP contribution < -0.4 is 0 Å². The molecule has 3 aliphatic carbocycles. The summed E-state index contributed by atoms with van der Waals surface area (Å²) >= 11 is 6.56. The van der Waals surface area contributed by atoms with E-state index in [0.29, 0.717) is 24.5 Å². The van der Waals surface area contributed by atoms with Gasteiger partial charge in [0.15, 0.2) is 6.29 Å². The van der Waals surface area contributed by atoms with Gasteiger partial charge in [-0.05, 0) is 49.9 Å². The van der Waals surface area contributed by atoms with Crippen molar-refractivity contribution in [1.82, 2.24) is 0 Å². The van der Waals surface area contributed by atoms with E-state index in [-0.39, 0.29) is 30.4 Å². The van der Waals surface area contributed by atoms with Crippen LogP contribution in [0.15, 0.2) is 0 Å². The lowest BCUT2D eigenvalue weighted by Crippen LogP contribution is -2.65. The van der Waals surface area contributed by atoms with Crippen molar-refractivity contribution in [1.29, 1.82) is 0 Å². The van der Waals surface area contributed by atoms with Crippen LogP contribution in [0.25, 0.3) is 0 Å². The fourth-order valence-corrected chi connectivity index (χ4v) is 5.30. The molecule has 2 saturated heterocycles. The Bertz CT molecular complexity index is 442. The minimum Gasteiger partial charge on any atom is -0.404 e. The Morgan fingerprint density at radius 1 is 1.18 bits per heavy atom. The third kappa shape index (κ3) is 2.27. The molecule has 4 nitrogen and oxygen atoms in total. The summed E-state index contributed by atoms with van der Waals surface area (Å²) in [5, 5.41) is -0.143. The summed E-state index contributed by atoms with van der Waals surface area (Å²) in [6.07, 6.45) is 4.07. The Hall–Kier alpha value is 0.195. The highest BCUT2D eigenvalue weighted by Gasteiger charge is 2.68. The smallest absolute Gasteiger partial charge is 0.404 e. The molecule has 2 aliphatic heterocycles. The minimum absolute atomic E-state index is 0.104. The second-order valence-corrected chi connectivity index (χ2v) is 8.66. The quantitative estimate of drug-likeness (QED) is 0.587. The molecule has 124 valence electrons. The van der Waals surface area contributed by atoms with Crippen LogP contribution in [-0.4, -0.2) is 43.6 Å². The van der Waals surface area contributed by atoms with Gasteiger partial charge in [0.05, 0.1) is 30.2 Å². The van der Waals surface area contributed by atoms with Crippen molar-refractivity contribution in [3.05, 3.63) is 0 Å². The van der Waals surface area contributed by atoms with E-state index in [1.54, 1.807) is 0 Å². The standard InChI is InChI=1S/C16H26BClO4/c1-15(2)10-8-11(15)16(3)12(9-10)21-17(22-16)13(18)4-5-14-19-6-7-20-14/h10-14H,4-9H2,1-3H3/t10-,11-,12+,13+,16-/m0/s1. The molecule has 0 unspecified atom stereocenters. The van der Waals surface area contributed by atoms with E-state index in [1.165, 1.54) is 6.42 Å². The lowest BCUT2D eigenvalue weighted by atomic mass is 9.43. The highest BCUT2D eigenvalue weighted by Crippen LogP contribution is 2.65. The normalized spacial score (nSPS) is 44.7. The van der Waals surface area contributed by atoms with Gasteiger partial charge in [-0.25, -0.2) is 0 Å². The van der Waals surface area contributed by atoms with Crippen molar-refractivity contribution in [2.45, 2.75) is 69.7 Å². The van der Waals surface area contributed by atoms with Crippen LogP contribution in [0.1, 0.15) is 46.5 Å². The van der Waals surface area contributed by atoms with Crippen LogP contribution in [0.4, 0.5) is 0 Å². The molecule has 3 saturated carbocycles. The Balaban J connectivity index is 1.37. The minimum atomic E-state index is -0.298. The molecule has 5 fully saturated rings. The van der Waals surface area contributed by atoms with Gasteiger partial charge in [0.25, 0.3) is 0 Å². The van der Waals surface area contributed by atoms with Crippen molar-refractivity contribution in [2.75, 3.05) is 13.2 Å². The summed E-state index contributed by atoms with van der Waals surface area (Å²) in [7, 11) is -0.298. The number of alkyl halides is 1. The number of rotatable bonds is 4. The fraction of sp³-hybridized carbons (Fsp3) is 1.00. The third-order valence-electron chi connectivity index (χ3n) is 6.63. The molecule has 2 bridgehead atoms. The monoisotopic (exact) mass is 328 g/mol. The van der Waals surface area contributed by atoms with Crippen LogP contribution in [0.5, 0.6) is 0 Å². The second kappa shape index (κ2) is 5.35. The molecule has 0 spiro atoms. The molecule has 0 N–H and O–H groups in total. The highest BCUT2D eigenvalue weighted by molar-refractivity contribution is 6.59. The Labute approximate surface area is 138 Å². The molecular weight excluding hydrogens is 302 g/mol. The van der Waals surface area contributed by atoms with E-state index in [0.717, 1.165) is 25.2 Å². The van der Waals surface area contributed by atoms with Gasteiger partial charge in [0, 0.05) is 0 Å². The number of halogens is 1. The molecule has 6 heteroatoms. The van der Waals surface area contributed by atoms with Gasteiger partial charge >= 0.3 is 7.12 Å². The van der Waals surface area contributed by atoms with E-state index in [9.17, 15) is 0 Å². The number of ether oxygens (including phenoxy) is 2. The van der Waals surface area contributed by atoms with Gasteiger partial charge in [0.2, 0.25) is 0 Å². The number of hydrogen-bond acceptors (Lipinski definition) is 4. The molecule has 5 aliphatic rings. The van der Waals surface area contributed by atoms with E-state index in [2.05, 4.69) is 20.8 Å². The molecular formula is C16H26BClO4. The van der Waals surface area contributed by atoms with Crippen molar-refractivity contribution < 1.29 is 18.8 Å². The first-order valence-corrected chi connectivity index (χ1v) is 9.05. The van der Waals surface area contributed by atoms with E-state index in [1.807, 2.05) is 0 Å². The van der Waals surface area contributed by atoms with Crippen LogP contribution in [-0.2, 0) is 18.8 Å². The lowest BCUT2D eigenvalue weighted by molar-refractivity contribution is -0.199. The maximum Gasteiger partial charge on any atom is 0.476 e. The Morgan fingerprint density at radius 3 is 2.59 bits per heavy atom. The Morgan fingerprint density at radius 2 is 1.91 bits per heavy atom. The van der Waals surface area contributed by atoms with Crippen molar-refractivity contribution in [2.24, 2.45) is 17.3 Å². The summed E-state index contributed by atoms with van der Waals surface area (Å²) in [5.41, 5.74) is 0.202. The zero-order valence-corrected chi connectivity index (χ0v) is 14.5. The molecule has 0 aromatic carbocycles. The van der Waals surface area contributed by atoms with Gasteiger partial charge in [-0.1, -0.05) is 13.8 Å². The zero-order valence-electron chi connectivity index (χ0n) is 13.7. The first kappa shape index (κ1) is 15.7. The van der Waals surface area contributed by atoms with Gasteiger partial charge < -0.3 is 18.8 Å². The molecule has 0 radical (unpaired) electrons. The average molecular weight is 329 g/mol. The molecule has 5 rings (SSSR count). The van der Waals surface area contributed by atoms with Crippen LogP contribution >= 0.6 is 11.6 Å². The maximum absolute atomic E-state index is 6.56. The highest BCUT2D eigenvalue weighted by atomic mass is 35.5. The predicted octanol–water partition coefficient (Wildman–Crippen LogP) is 3.01. The van der Waals surface area contributed by atoms with Gasteiger partial charge in [0.1, 0.15) is 0 Å². The summed E-state index contributed by atoms with van der Waals surface area (Å²) < 4.78 is 23.5. The lowest BCUT2D eigenvalue weighted by Gasteiger charge is -2.64. The van der Waals surface area contributed by atoms with Crippen molar-refractivity contribution >= 4 is 18.7 Å². The maximum atomic E-state index is 6.56.